The third-order valence-electron chi connectivity index (χ3n) is 7.07. The lowest BCUT2D eigenvalue weighted by atomic mass is 10.0. The lowest BCUT2D eigenvalue weighted by Gasteiger charge is -2.07. The molecule has 1 amide bonds. The van der Waals surface area contributed by atoms with Gasteiger partial charge in [0.2, 0.25) is 5.91 Å². The van der Waals surface area contributed by atoms with Gasteiger partial charge in [-0.15, -0.1) is 0 Å². The van der Waals surface area contributed by atoms with Crippen LogP contribution in [0.15, 0.2) is 59.5 Å². The Balaban J connectivity index is 1.53. The smallest absolute Gasteiger partial charge is 0.248 e. The Morgan fingerprint density at radius 2 is 1.15 bits per heavy atom. The van der Waals surface area contributed by atoms with E-state index in [1.165, 1.54) is 89.5 Å². The molecule has 6 heteroatoms. The first-order valence-corrected chi connectivity index (χ1v) is 16.7. The van der Waals surface area contributed by atoms with E-state index in [4.69, 9.17) is 0 Å². The van der Waals surface area contributed by atoms with E-state index in [2.05, 4.69) is 12.2 Å². The minimum absolute atomic E-state index is 0.159. The zero-order valence-corrected chi connectivity index (χ0v) is 24.7. The van der Waals surface area contributed by atoms with Gasteiger partial charge in [-0.3, -0.25) is 4.79 Å². The van der Waals surface area contributed by atoms with E-state index in [1.54, 1.807) is 54.6 Å². The molecule has 0 unspecified atom stereocenters. The van der Waals surface area contributed by atoms with Gasteiger partial charge in [0, 0.05) is 11.8 Å². The quantitative estimate of drug-likeness (QED) is 0.119. The Morgan fingerprint density at radius 1 is 0.692 bits per heavy atom. The molecule has 0 bridgehead atoms. The lowest BCUT2D eigenvalue weighted by molar-refractivity contribution is -0.111. The predicted molar refractivity (Wildman–Crippen MR) is 164 cm³/mol. The average molecular weight is 556 g/mol. The molecule has 5 nitrogen and oxygen atoms in total. The van der Waals surface area contributed by atoms with Crippen LogP contribution < -0.4 is 5.32 Å². The van der Waals surface area contributed by atoms with Crippen molar-refractivity contribution in [2.75, 3.05) is 11.1 Å². The van der Waals surface area contributed by atoms with Crippen molar-refractivity contribution < 1.29 is 18.3 Å². The fourth-order valence-electron chi connectivity index (χ4n) is 4.64. The van der Waals surface area contributed by atoms with Gasteiger partial charge in [-0.2, -0.15) is 0 Å². The molecule has 0 saturated carbocycles. The van der Waals surface area contributed by atoms with E-state index in [0.29, 0.717) is 17.0 Å². The van der Waals surface area contributed by atoms with Gasteiger partial charge in [0.1, 0.15) is 5.75 Å². The largest absolute Gasteiger partial charge is 0.508 e. The highest BCUT2D eigenvalue weighted by Gasteiger charge is 2.14. The van der Waals surface area contributed by atoms with Gasteiger partial charge in [0.25, 0.3) is 0 Å². The maximum absolute atomic E-state index is 12.7. The van der Waals surface area contributed by atoms with Crippen LogP contribution in [0, 0.1) is 0 Å². The molecule has 0 aliphatic heterocycles. The number of hydrogen-bond donors (Lipinski definition) is 2. The standard InChI is InChI=1S/C33H49NO4S/c1-2-3-4-5-6-7-8-9-10-11-12-13-14-15-16-17-28-39(37,38)32-25-21-30(22-26-32)34-33(36)27-20-29-18-23-31(35)24-19-29/h18-27,35H,2-17,28H2,1H3,(H,34,36). The van der Waals surface area contributed by atoms with Gasteiger partial charge in [0.15, 0.2) is 9.84 Å². The zero-order chi connectivity index (χ0) is 28.2. The molecule has 0 aromatic heterocycles. The van der Waals surface area contributed by atoms with Crippen LogP contribution in [-0.4, -0.2) is 25.2 Å². The molecule has 39 heavy (non-hydrogen) atoms. The van der Waals surface area contributed by atoms with Crippen molar-refractivity contribution in [3.8, 4) is 5.75 Å². The molecule has 0 aliphatic carbocycles. The molecule has 2 N–H and O–H groups in total. The number of carbonyl (C=O) groups excluding carboxylic acids is 1. The second kappa shape index (κ2) is 19.5. The van der Waals surface area contributed by atoms with Crippen molar-refractivity contribution in [1.82, 2.24) is 0 Å². The first kappa shape index (κ1) is 32.6. The molecule has 0 saturated heterocycles. The van der Waals surface area contributed by atoms with Crippen LogP contribution in [0.2, 0.25) is 0 Å². The average Bonchev–Trinajstić information content (AvgIpc) is 2.93. The second-order valence-corrected chi connectivity index (χ2v) is 12.7. The fourth-order valence-corrected chi connectivity index (χ4v) is 6.02. The molecule has 0 spiro atoms. The van der Waals surface area contributed by atoms with Crippen LogP contribution in [0.5, 0.6) is 5.75 Å². The molecule has 0 aliphatic rings. The molecule has 2 aromatic carbocycles. The van der Waals surface area contributed by atoms with Gasteiger partial charge >= 0.3 is 0 Å². The molecular formula is C33H49NO4S. The lowest BCUT2D eigenvalue weighted by Crippen LogP contribution is -2.09. The summed E-state index contributed by atoms with van der Waals surface area (Å²) >= 11 is 0. The number of hydrogen-bond acceptors (Lipinski definition) is 4. The summed E-state index contributed by atoms with van der Waals surface area (Å²) in [6.45, 7) is 2.26. The normalized spacial score (nSPS) is 11.7. The minimum atomic E-state index is -3.32. The second-order valence-electron chi connectivity index (χ2n) is 10.6. The monoisotopic (exact) mass is 555 g/mol. The van der Waals surface area contributed by atoms with Crippen LogP contribution in [-0.2, 0) is 14.6 Å². The number of aromatic hydroxyl groups is 1. The van der Waals surface area contributed by atoms with Gasteiger partial charge in [-0.05, 0) is 54.5 Å². The summed E-state index contributed by atoms with van der Waals surface area (Å²) < 4.78 is 25.4. The third-order valence-corrected chi connectivity index (χ3v) is 8.88. The van der Waals surface area contributed by atoms with Gasteiger partial charge in [0.05, 0.1) is 10.6 Å². The molecule has 2 rings (SSSR count). The summed E-state index contributed by atoms with van der Waals surface area (Å²) in [6, 6.07) is 12.9. The first-order chi connectivity index (χ1) is 18.9. The van der Waals surface area contributed by atoms with Crippen molar-refractivity contribution >= 4 is 27.5 Å². The van der Waals surface area contributed by atoms with E-state index in [0.717, 1.165) is 18.4 Å². The van der Waals surface area contributed by atoms with Gasteiger partial charge < -0.3 is 10.4 Å². The van der Waals surface area contributed by atoms with Crippen LogP contribution in [0.3, 0.4) is 0 Å². The highest BCUT2D eigenvalue weighted by Crippen LogP contribution is 2.18. The number of phenols is 1. The Kier molecular flexibility index (Phi) is 16.3. The summed E-state index contributed by atoms with van der Waals surface area (Å²) in [6.07, 6.45) is 23.2. The number of carbonyl (C=O) groups is 1. The van der Waals surface area contributed by atoms with Crippen LogP contribution in [0.25, 0.3) is 6.08 Å². The molecule has 216 valence electrons. The van der Waals surface area contributed by atoms with Gasteiger partial charge in [-0.25, -0.2) is 8.42 Å². The van der Waals surface area contributed by atoms with Gasteiger partial charge in [-0.1, -0.05) is 115 Å². The van der Waals surface area contributed by atoms with E-state index in [1.807, 2.05) is 0 Å². The fraction of sp³-hybridized carbons (Fsp3) is 0.545. The number of phenolic OH excluding ortho intramolecular Hbond substituents is 1. The maximum atomic E-state index is 12.7. The number of rotatable bonds is 21. The number of amides is 1. The van der Waals surface area contributed by atoms with Crippen molar-refractivity contribution in [3.63, 3.8) is 0 Å². The number of unbranched alkanes of at least 4 members (excludes halogenated alkanes) is 15. The zero-order valence-electron chi connectivity index (χ0n) is 23.9. The third kappa shape index (κ3) is 14.9. The van der Waals surface area contributed by atoms with Crippen molar-refractivity contribution in [2.45, 2.75) is 115 Å². The number of sulfone groups is 1. The Bertz CT molecular complexity index is 1060. The van der Waals surface area contributed by atoms with Crippen LogP contribution >= 0.6 is 0 Å². The molecule has 2 aromatic rings. The highest BCUT2D eigenvalue weighted by atomic mass is 32.2. The van der Waals surface area contributed by atoms with E-state index in [-0.39, 0.29) is 17.4 Å². The highest BCUT2D eigenvalue weighted by molar-refractivity contribution is 7.91. The summed E-state index contributed by atoms with van der Waals surface area (Å²) in [7, 11) is -3.32. The Hall–Kier alpha value is -2.60. The topological polar surface area (TPSA) is 83.5 Å². The number of benzene rings is 2. The molecule has 0 heterocycles. The summed E-state index contributed by atoms with van der Waals surface area (Å²) in [5.41, 5.74) is 1.33. The van der Waals surface area contributed by atoms with Crippen molar-refractivity contribution in [3.05, 3.63) is 60.2 Å². The molecule has 0 atom stereocenters. The molecular weight excluding hydrogens is 506 g/mol. The van der Waals surface area contributed by atoms with E-state index >= 15 is 0 Å². The minimum Gasteiger partial charge on any atom is -0.508 e. The van der Waals surface area contributed by atoms with Crippen LogP contribution in [0.1, 0.15) is 115 Å². The number of anilines is 1. The van der Waals surface area contributed by atoms with Crippen LogP contribution in [0.4, 0.5) is 5.69 Å². The summed E-state index contributed by atoms with van der Waals surface area (Å²) in [5.74, 6) is 0.0142. The molecule has 0 fully saturated rings. The van der Waals surface area contributed by atoms with E-state index in [9.17, 15) is 18.3 Å². The molecule has 0 radical (unpaired) electrons. The van der Waals surface area contributed by atoms with Crippen molar-refractivity contribution in [2.24, 2.45) is 0 Å². The SMILES string of the molecule is CCCCCCCCCCCCCCCCCCS(=O)(=O)c1ccc(NC(=O)C=Cc2ccc(O)cc2)cc1. The Labute approximate surface area is 237 Å². The maximum Gasteiger partial charge on any atom is 0.248 e. The Morgan fingerprint density at radius 3 is 1.64 bits per heavy atom. The van der Waals surface area contributed by atoms with E-state index < -0.39 is 9.84 Å². The predicted octanol–water partition coefficient (Wildman–Crippen LogP) is 9.08. The number of nitrogens with one attached hydrogen (secondary N) is 1. The first-order valence-electron chi connectivity index (χ1n) is 15.0. The summed E-state index contributed by atoms with van der Waals surface area (Å²) in [4.78, 5) is 12.4. The van der Waals surface area contributed by atoms with Crippen molar-refractivity contribution in [1.29, 1.82) is 0 Å². The summed E-state index contributed by atoms with van der Waals surface area (Å²) in [5, 5.41) is 12.0.